The summed E-state index contributed by atoms with van der Waals surface area (Å²) in [6.07, 6.45) is 4.20. The van der Waals surface area contributed by atoms with Crippen molar-refractivity contribution in [3.8, 4) is 0 Å². The lowest BCUT2D eigenvalue weighted by molar-refractivity contribution is -0.328. The SMILES string of the molecule is NCCCCCCOC[C@H]1O[C@@H](OCCc2c[nH]c3ccccc23)[C@H](OCc2ccccc2)[C@@H](OCc2ccccc2)[C@@H]1OCc1ccccc1. The van der Waals surface area contributed by atoms with Crippen LogP contribution in [0.5, 0.6) is 0 Å². The number of para-hydroxylation sites is 1. The van der Waals surface area contributed by atoms with Crippen LogP contribution in [-0.4, -0.2) is 62.1 Å². The molecule has 2 heterocycles. The molecule has 8 nitrogen and oxygen atoms in total. The van der Waals surface area contributed by atoms with E-state index in [4.69, 9.17) is 34.2 Å². The number of H-pyrrole nitrogens is 1. The minimum absolute atomic E-state index is 0.343. The maximum absolute atomic E-state index is 6.83. The molecule has 51 heavy (non-hydrogen) atoms. The molecule has 0 amide bonds. The van der Waals surface area contributed by atoms with Gasteiger partial charge in [-0.25, -0.2) is 0 Å². The zero-order valence-electron chi connectivity index (χ0n) is 29.4. The van der Waals surface area contributed by atoms with Gasteiger partial charge in [0.1, 0.15) is 24.4 Å². The Morgan fingerprint density at radius 2 is 1.14 bits per heavy atom. The highest BCUT2D eigenvalue weighted by Gasteiger charge is 2.49. The molecule has 1 aliphatic heterocycles. The quantitative estimate of drug-likeness (QED) is 0.0760. The summed E-state index contributed by atoms with van der Waals surface area (Å²) in [5.41, 5.74) is 11.2. The van der Waals surface area contributed by atoms with Gasteiger partial charge in [0, 0.05) is 23.7 Å². The van der Waals surface area contributed by atoms with Gasteiger partial charge in [0.05, 0.1) is 33.0 Å². The molecule has 1 saturated heterocycles. The van der Waals surface area contributed by atoms with Crippen LogP contribution in [0, 0.1) is 0 Å². The second kappa shape index (κ2) is 20.2. The predicted molar refractivity (Wildman–Crippen MR) is 200 cm³/mol. The van der Waals surface area contributed by atoms with Crippen molar-refractivity contribution in [2.45, 2.75) is 82.6 Å². The maximum atomic E-state index is 6.83. The molecule has 5 atom stereocenters. The smallest absolute Gasteiger partial charge is 0.186 e. The van der Waals surface area contributed by atoms with Gasteiger partial charge in [0.2, 0.25) is 0 Å². The monoisotopic (exact) mass is 692 g/mol. The molecule has 6 rings (SSSR count). The molecule has 1 fully saturated rings. The van der Waals surface area contributed by atoms with Gasteiger partial charge < -0.3 is 39.1 Å². The number of benzene rings is 4. The molecule has 1 aromatic heterocycles. The van der Waals surface area contributed by atoms with Crippen molar-refractivity contribution < 1.29 is 28.4 Å². The number of ether oxygens (including phenoxy) is 6. The Morgan fingerprint density at radius 1 is 0.569 bits per heavy atom. The summed E-state index contributed by atoms with van der Waals surface area (Å²) in [4.78, 5) is 3.38. The first-order valence-electron chi connectivity index (χ1n) is 18.3. The van der Waals surface area contributed by atoms with E-state index in [0.29, 0.717) is 46.1 Å². The minimum Gasteiger partial charge on any atom is -0.379 e. The summed E-state index contributed by atoms with van der Waals surface area (Å²) >= 11 is 0. The van der Waals surface area contributed by atoms with Crippen molar-refractivity contribution in [1.29, 1.82) is 0 Å². The van der Waals surface area contributed by atoms with Crippen molar-refractivity contribution >= 4 is 10.9 Å². The van der Waals surface area contributed by atoms with Crippen LogP contribution in [-0.2, 0) is 54.7 Å². The summed E-state index contributed by atoms with van der Waals surface area (Å²) in [5, 5.41) is 1.19. The Balaban J connectivity index is 1.25. The van der Waals surface area contributed by atoms with E-state index in [1.165, 1.54) is 10.9 Å². The van der Waals surface area contributed by atoms with Gasteiger partial charge in [-0.1, -0.05) is 122 Å². The van der Waals surface area contributed by atoms with Gasteiger partial charge in [-0.3, -0.25) is 0 Å². The topological polar surface area (TPSA) is 97.2 Å². The van der Waals surface area contributed by atoms with E-state index < -0.39 is 30.7 Å². The number of nitrogens with two attached hydrogens (primary N) is 1. The summed E-state index contributed by atoms with van der Waals surface area (Å²) < 4.78 is 40.1. The van der Waals surface area contributed by atoms with Gasteiger partial charge in [-0.2, -0.15) is 0 Å². The summed E-state index contributed by atoms with van der Waals surface area (Å²) in [6, 6.07) is 38.9. The van der Waals surface area contributed by atoms with Crippen LogP contribution in [0.2, 0.25) is 0 Å². The van der Waals surface area contributed by atoms with E-state index in [1.54, 1.807) is 0 Å². The van der Waals surface area contributed by atoms with E-state index in [-0.39, 0.29) is 0 Å². The lowest BCUT2D eigenvalue weighted by atomic mass is 9.97. The summed E-state index contributed by atoms with van der Waals surface area (Å²) in [7, 11) is 0. The lowest BCUT2D eigenvalue weighted by Crippen LogP contribution is -2.61. The van der Waals surface area contributed by atoms with Crippen molar-refractivity contribution in [2.75, 3.05) is 26.4 Å². The third-order valence-corrected chi connectivity index (χ3v) is 9.30. The lowest BCUT2D eigenvalue weighted by Gasteiger charge is -2.46. The van der Waals surface area contributed by atoms with Crippen LogP contribution in [0.15, 0.2) is 121 Å². The first-order chi connectivity index (χ1) is 25.3. The van der Waals surface area contributed by atoms with Crippen molar-refractivity contribution in [1.82, 2.24) is 4.98 Å². The molecule has 4 aromatic carbocycles. The first kappa shape index (κ1) is 36.9. The average molecular weight is 693 g/mol. The molecule has 1 aliphatic rings. The number of nitrogens with one attached hydrogen (secondary N) is 1. The number of rotatable bonds is 21. The Hall–Kier alpha value is -3.86. The zero-order valence-corrected chi connectivity index (χ0v) is 29.4. The Labute approximate surface area is 302 Å². The predicted octanol–water partition coefficient (Wildman–Crippen LogP) is 7.74. The number of unbranched alkanes of at least 4 members (excludes halogenated alkanes) is 3. The number of hydrogen-bond donors (Lipinski definition) is 2. The van der Waals surface area contributed by atoms with Gasteiger partial charge in [-0.15, -0.1) is 0 Å². The van der Waals surface area contributed by atoms with Crippen LogP contribution in [0.4, 0.5) is 0 Å². The molecular formula is C43H52N2O6. The fourth-order valence-electron chi connectivity index (χ4n) is 6.54. The molecule has 270 valence electrons. The Morgan fingerprint density at radius 3 is 1.78 bits per heavy atom. The van der Waals surface area contributed by atoms with Gasteiger partial charge in [0.15, 0.2) is 6.29 Å². The van der Waals surface area contributed by atoms with E-state index in [9.17, 15) is 0 Å². The summed E-state index contributed by atoms with van der Waals surface area (Å²) in [6.45, 7) is 3.29. The van der Waals surface area contributed by atoms with E-state index in [0.717, 1.165) is 54.4 Å². The van der Waals surface area contributed by atoms with Crippen molar-refractivity contribution in [3.05, 3.63) is 144 Å². The van der Waals surface area contributed by atoms with Crippen molar-refractivity contribution in [2.24, 2.45) is 5.73 Å². The fraction of sp³-hybridized carbons (Fsp3) is 0.395. The van der Waals surface area contributed by atoms with E-state index in [2.05, 4.69) is 65.8 Å². The minimum atomic E-state index is -0.713. The summed E-state index contributed by atoms with van der Waals surface area (Å²) in [5.74, 6) is 0. The zero-order chi connectivity index (χ0) is 34.9. The highest BCUT2D eigenvalue weighted by molar-refractivity contribution is 5.83. The van der Waals surface area contributed by atoms with Gasteiger partial charge in [0.25, 0.3) is 0 Å². The second-order valence-electron chi connectivity index (χ2n) is 13.1. The van der Waals surface area contributed by atoms with E-state index >= 15 is 0 Å². The largest absolute Gasteiger partial charge is 0.379 e. The Bertz CT molecular complexity index is 1670. The molecule has 5 aromatic rings. The molecule has 0 unspecified atom stereocenters. The van der Waals surface area contributed by atoms with Gasteiger partial charge in [-0.05, 0) is 54.1 Å². The maximum Gasteiger partial charge on any atom is 0.186 e. The highest BCUT2D eigenvalue weighted by Crippen LogP contribution is 2.32. The van der Waals surface area contributed by atoms with Crippen LogP contribution < -0.4 is 5.73 Å². The molecule has 3 N–H and O–H groups in total. The van der Waals surface area contributed by atoms with Gasteiger partial charge >= 0.3 is 0 Å². The number of hydrogen-bond acceptors (Lipinski definition) is 7. The first-order valence-corrected chi connectivity index (χ1v) is 18.3. The standard InChI is InChI=1S/C43H52N2O6/c44-25-14-1-2-15-26-46-32-39-40(48-29-33-16-6-3-7-17-33)41(49-30-34-18-8-4-9-19-34)42(50-31-35-20-10-5-11-21-35)43(51-39)47-27-24-36-28-45-38-23-13-12-22-37(36)38/h3-13,16-23,28,39-43,45H,1-2,14-15,24-27,29-32,44H2/t39-,40-,41+,42-,43-/m1/s1. The molecular weight excluding hydrogens is 640 g/mol. The molecule has 0 aliphatic carbocycles. The van der Waals surface area contributed by atoms with Crippen molar-refractivity contribution in [3.63, 3.8) is 0 Å². The second-order valence-corrected chi connectivity index (χ2v) is 13.1. The average Bonchev–Trinajstić information content (AvgIpc) is 3.60. The molecule has 0 spiro atoms. The Kier molecular flexibility index (Phi) is 14.7. The molecule has 0 radical (unpaired) electrons. The van der Waals surface area contributed by atoms with Crippen LogP contribution >= 0.6 is 0 Å². The third kappa shape index (κ3) is 11.1. The van der Waals surface area contributed by atoms with Crippen LogP contribution in [0.25, 0.3) is 10.9 Å². The van der Waals surface area contributed by atoms with E-state index in [1.807, 2.05) is 60.7 Å². The molecule has 8 heteroatoms. The molecule has 0 saturated carbocycles. The molecule has 0 bridgehead atoms. The normalized spacial score (nSPS) is 20.5. The number of fused-ring (bicyclic) bond motifs is 1. The van der Waals surface area contributed by atoms with Crippen LogP contribution in [0.3, 0.4) is 0 Å². The number of aromatic nitrogens is 1. The number of aromatic amines is 1. The highest BCUT2D eigenvalue weighted by atomic mass is 16.7. The van der Waals surface area contributed by atoms with Crippen LogP contribution in [0.1, 0.15) is 47.9 Å². The third-order valence-electron chi connectivity index (χ3n) is 9.30. The fourth-order valence-corrected chi connectivity index (χ4v) is 6.54.